The molecule has 1 atom stereocenters. The molecule has 1 unspecified atom stereocenters. The fraction of sp³-hybridized carbons (Fsp3) is 0.308. The van der Waals surface area contributed by atoms with E-state index in [4.69, 9.17) is 6.42 Å². The summed E-state index contributed by atoms with van der Waals surface area (Å²) in [7, 11) is 0. The van der Waals surface area contributed by atoms with Crippen molar-refractivity contribution >= 4 is 5.91 Å². The van der Waals surface area contributed by atoms with Gasteiger partial charge in [-0.3, -0.25) is 4.79 Å². The quantitative estimate of drug-likeness (QED) is 0.801. The minimum Gasteiger partial charge on any atom is -0.338 e. The number of hydrogen-bond donors (Lipinski definition) is 1. The van der Waals surface area contributed by atoms with Crippen LogP contribution in [0, 0.1) is 24.0 Å². The molecule has 0 saturated heterocycles. The predicted octanol–water partition coefficient (Wildman–Crippen LogP) is 2.50. The Labute approximate surface area is 99.0 Å². The van der Waals surface area contributed by atoms with Crippen LogP contribution in [0.25, 0.3) is 0 Å². The van der Waals surface area contributed by atoms with E-state index in [1.54, 1.807) is 0 Å². The molecule has 1 N–H and O–H groups in total. The van der Waals surface area contributed by atoms with E-state index in [2.05, 4.69) is 11.2 Å². The summed E-state index contributed by atoms with van der Waals surface area (Å²) in [5, 5.41) is 2.53. The first kappa shape index (κ1) is 13.2. The molecule has 1 aromatic rings. The second kappa shape index (κ2) is 6.00. The maximum atomic E-state index is 12.9. The molecule has 0 aliphatic heterocycles. The van der Waals surface area contributed by atoms with Crippen LogP contribution in [0.2, 0.25) is 0 Å². The molecule has 0 aromatic heterocycles. The average Bonchev–Trinajstić information content (AvgIpc) is 2.27. The van der Waals surface area contributed by atoms with Crippen molar-refractivity contribution in [3.8, 4) is 12.3 Å². The number of carbonyl (C=O) groups excluding carboxylic acids is 1. The summed E-state index contributed by atoms with van der Waals surface area (Å²) >= 11 is 0. The van der Waals surface area contributed by atoms with Gasteiger partial charge >= 0.3 is 0 Å². The summed E-state index contributed by atoms with van der Waals surface area (Å²) in [6.07, 6.45) is 6.67. The van der Waals surface area contributed by atoms with Gasteiger partial charge in [-0.05, 0) is 18.6 Å². The predicted molar refractivity (Wildman–Crippen MR) is 61.4 cm³/mol. The van der Waals surface area contributed by atoms with Crippen molar-refractivity contribution in [1.29, 1.82) is 0 Å². The van der Waals surface area contributed by atoms with Gasteiger partial charge in [0.05, 0.1) is 6.04 Å². The van der Waals surface area contributed by atoms with Gasteiger partial charge in [0.1, 0.15) is 11.6 Å². The van der Waals surface area contributed by atoms with Crippen LogP contribution in [0.15, 0.2) is 18.2 Å². The summed E-state index contributed by atoms with van der Waals surface area (Å²) in [4.78, 5) is 11.7. The number of terminal acetylenes is 1. The van der Waals surface area contributed by atoms with E-state index < -0.39 is 23.6 Å². The Hall–Kier alpha value is -1.89. The van der Waals surface area contributed by atoms with E-state index in [0.717, 1.165) is 18.6 Å². The maximum absolute atomic E-state index is 12.9. The SMILES string of the molecule is C#CC(CCC)NC(=O)c1cc(F)cc(F)c1. The Balaban J connectivity index is 2.79. The number of halogens is 2. The standard InChI is InChI=1S/C13H13F2NO/c1-3-5-12(4-2)16-13(17)9-6-10(14)8-11(15)7-9/h2,6-8,12H,3,5H2,1H3,(H,16,17). The minimum absolute atomic E-state index is 0.0705. The van der Waals surface area contributed by atoms with Gasteiger partial charge < -0.3 is 5.32 Å². The maximum Gasteiger partial charge on any atom is 0.252 e. The first-order chi connectivity index (χ1) is 8.06. The van der Waals surface area contributed by atoms with Crippen LogP contribution in [0.3, 0.4) is 0 Å². The molecule has 0 saturated carbocycles. The number of carbonyl (C=O) groups is 1. The fourth-order valence-electron chi connectivity index (χ4n) is 1.41. The van der Waals surface area contributed by atoms with Gasteiger partial charge in [0.15, 0.2) is 0 Å². The molecule has 1 aromatic carbocycles. The van der Waals surface area contributed by atoms with Crippen molar-refractivity contribution in [2.24, 2.45) is 0 Å². The number of rotatable bonds is 4. The van der Waals surface area contributed by atoms with Gasteiger partial charge in [-0.1, -0.05) is 19.3 Å². The summed E-state index contributed by atoms with van der Waals surface area (Å²) in [5.41, 5.74) is -0.0705. The molecule has 0 aliphatic carbocycles. The topological polar surface area (TPSA) is 29.1 Å². The van der Waals surface area contributed by atoms with Crippen LogP contribution >= 0.6 is 0 Å². The van der Waals surface area contributed by atoms with Crippen LogP contribution in [0.5, 0.6) is 0 Å². The highest BCUT2D eigenvalue weighted by Gasteiger charge is 2.12. The molecular weight excluding hydrogens is 224 g/mol. The summed E-state index contributed by atoms with van der Waals surface area (Å²) in [6, 6.07) is 2.23. The van der Waals surface area contributed by atoms with Crippen molar-refractivity contribution in [2.45, 2.75) is 25.8 Å². The number of nitrogens with one attached hydrogen (secondary N) is 1. The lowest BCUT2D eigenvalue weighted by Crippen LogP contribution is -2.33. The Morgan fingerprint density at radius 1 is 1.41 bits per heavy atom. The van der Waals surface area contributed by atoms with Crippen LogP contribution in [-0.4, -0.2) is 11.9 Å². The van der Waals surface area contributed by atoms with Crippen LogP contribution in [0.4, 0.5) is 8.78 Å². The molecule has 1 rings (SSSR count). The molecule has 0 bridgehead atoms. The second-order valence-electron chi connectivity index (χ2n) is 3.64. The monoisotopic (exact) mass is 237 g/mol. The molecule has 17 heavy (non-hydrogen) atoms. The Morgan fingerprint density at radius 3 is 2.47 bits per heavy atom. The normalized spacial score (nSPS) is 11.6. The Kier molecular flexibility index (Phi) is 4.65. The fourth-order valence-corrected chi connectivity index (χ4v) is 1.41. The van der Waals surface area contributed by atoms with E-state index in [1.165, 1.54) is 0 Å². The molecule has 4 heteroatoms. The van der Waals surface area contributed by atoms with Gasteiger partial charge in [-0.2, -0.15) is 0 Å². The molecule has 0 fully saturated rings. The van der Waals surface area contributed by atoms with Crippen molar-refractivity contribution in [3.05, 3.63) is 35.4 Å². The summed E-state index contributed by atoms with van der Waals surface area (Å²) in [6.45, 7) is 1.93. The third-order valence-electron chi connectivity index (χ3n) is 2.21. The number of amides is 1. The van der Waals surface area contributed by atoms with Gasteiger partial charge in [0.25, 0.3) is 5.91 Å². The van der Waals surface area contributed by atoms with Crippen molar-refractivity contribution in [2.75, 3.05) is 0 Å². The number of hydrogen-bond acceptors (Lipinski definition) is 1. The van der Waals surface area contributed by atoms with E-state index in [-0.39, 0.29) is 5.56 Å². The van der Waals surface area contributed by atoms with Gasteiger partial charge in [0.2, 0.25) is 0 Å². The molecular formula is C13H13F2NO. The molecule has 0 aliphatic rings. The highest BCUT2D eigenvalue weighted by atomic mass is 19.1. The van der Waals surface area contributed by atoms with E-state index in [1.807, 2.05) is 6.92 Å². The highest BCUT2D eigenvalue weighted by molar-refractivity contribution is 5.94. The summed E-state index contributed by atoms with van der Waals surface area (Å²) < 4.78 is 25.8. The minimum atomic E-state index is -0.789. The molecule has 0 heterocycles. The van der Waals surface area contributed by atoms with Crippen molar-refractivity contribution in [3.63, 3.8) is 0 Å². The molecule has 2 nitrogen and oxygen atoms in total. The van der Waals surface area contributed by atoms with Crippen LogP contribution in [0.1, 0.15) is 30.1 Å². The molecule has 1 amide bonds. The summed E-state index contributed by atoms with van der Waals surface area (Å²) in [5.74, 6) is 0.266. The Bertz CT molecular complexity index is 431. The lowest BCUT2D eigenvalue weighted by molar-refractivity contribution is 0.0943. The van der Waals surface area contributed by atoms with E-state index in [0.29, 0.717) is 12.5 Å². The third-order valence-corrected chi connectivity index (χ3v) is 2.21. The van der Waals surface area contributed by atoms with Crippen LogP contribution < -0.4 is 5.32 Å². The average molecular weight is 237 g/mol. The van der Waals surface area contributed by atoms with Crippen molar-refractivity contribution in [1.82, 2.24) is 5.32 Å². The first-order valence-corrected chi connectivity index (χ1v) is 5.30. The second-order valence-corrected chi connectivity index (χ2v) is 3.64. The zero-order valence-electron chi connectivity index (χ0n) is 9.47. The zero-order chi connectivity index (χ0) is 12.8. The van der Waals surface area contributed by atoms with E-state index >= 15 is 0 Å². The van der Waals surface area contributed by atoms with Crippen LogP contribution in [-0.2, 0) is 0 Å². The third kappa shape index (κ3) is 3.87. The van der Waals surface area contributed by atoms with Gasteiger partial charge in [-0.15, -0.1) is 6.42 Å². The number of benzene rings is 1. The van der Waals surface area contributed by atoms with Crippen molar-refractivity contribution < 1.29 is 13.6 Å². The smallest absolute Gasteiger partial charge is 0.252 e. The lowest BCUT2D eigenvalue weighted by atomic mass is 10.1. The largest absolute Gasteiger partial charge is 0.338 e. The molecule has 0 spiro atoms. The highest BCUT2D eigenvalue weighted by Crippen LogP contribution is 2.08. The first-order valence-electron chi connectivity index (χ1n) is 5.30. The van der Waals surface area contributed by atoms with Gasteiger partial charge in [0, 0.05) is 11.6 Å². The lowest BCUT2D eigenvalue weighted by Gasteiger charge is -2.12. The molecule has 0 radical (unpaired) electrons. The Morgan fingerprint density at radius 2 is 2.00 bits per heavy atom. The van der Waals surface area contributed by atoms with Gasteiger partial charge in [-0.25, -0.2) is 8.78 Å². The molecule has 90 valence electrons. The van der Waals surface area contributed by atoms with E-state index in [9.17, 15) is 13.6 Å². The zero-order valence-corrected chi connectivity index (χ0v) is 9.47.